The van der Waals surface area contributed by atoms with Gasteiger partial charge in [-0.25, -0.2) is 0 Å². The predicted octanol–water partition coefficient (Wildman–Crippen LogP) is 2.34. The van der Waals surface area contributed by atoms with E-state index in [1.807, 2.05) is 6.07 Å². The molecular formula is C23H26N2O6. The van der Waals surface area contributed by atoms with Crippen LogP contribution in [0.2, 0.25) is 0 Å². The third-order valence-electron chi connectivity index (χ3n) is 4.85. The average molecular weight is 426 g/mol. The van der Waals surface area contributed by atoms with Gasteiger partial charge >= 0.3 is 0 Å². The van der Waals surface area contributed by atoms with Crippen LogP contribution in [0.5, 0.6) is 17.2 Å². The molecule has 0 saturated carbocycles. The molecule has 0 aliphatic carbocycles. The minimum atomic E-state index is -0.382. The number of morpholine rings is 1. The molecule has 0 bridgehead atoms. The summed E-state index contributed by atoms with van der Waals surface area (Å²) < 4.78 is 21.6. The maximum absolute atomic E-state index is 13.2. The molecule has 2 amide bonds. The zero-order chi connectivity index (χ0) is 22.2. The molecule has 1 fully saturated rings. The van der Waals surface area contributed by atoms with Gasteiger partial charge in [0.25, 0.3) is 11.8 Å². The Hall–Kier alpha value is -3.52. The smallest absolute Gasteiger partial charge is 0.270 e. The van der Waals surface area contributed by atoms with Gasteiger partial charge in [0.1, 0.15) is 5.70 Å². The maximum Gasteiger partial charge on any atom is 0.270 e. The molecule has 1 aliphatic heterocycles. The maximum atomic E-state index is 13.2. The van der Waals surface area contributed by atoms with Crippen LogP contribution in [0.25, 0.3) is 6.08 Å². The minimum absolute atomic E-state index is 0.126. The van der Waals surface area contributed by atoms with E-state index in [2.05, 4.69) is 5.32 Å². The molecule has 2 aromatic carbocycles. The summed E-state index contributed by atoms with van der Waals surface area (Å²) in [5.41, 5.74) is 1.13. The fraction of sp³-hybridized carbons (Fsp3) is 0.304. The molecule has 0 atom stereocenters. The van der Waals surface area contributed by atoms with Gasteiger partial charge in [0.15, 0.2) is 11.5 Å². The van der Waals surface area contributed by atoms with E-state index < -0.39 is 0 Å². The van der Waals surface area contributed by atoms with Gasteiger partial charge < -0.3 is 29.2 Å². The number of hydrogen-bond donors (Lipinski definition) is 1. The molecule has 0 unspecified atom stereocenters. The summed E-state index contributed by atoms with van der Waals surface area (Å²) in [7, 11) is 4.53. The van der Waals surface area contributed by atoms with Crippen molar-refractivity contribution in [2.45, 2.75) is 0 Å². The third kappa shape index (κ3) is 5.16. The number of amides is 2. The molecule has 2 aromatic rings. The second-order valence-electron chi connectivity index (χ2n) is 6.71. The van der Waals surface area contributed by atoms with Crippen LogP contribution in [0, 0.1) is 0 Å². The lowest BCUT2D eigenvalue weighted by Crippen LogP contribution is -2.44. The van der Waals surface area contributed by atoms with Crippen molar-refractivity contribution in [2.75, 3.05) is 47.6 Å². The Kier molecular flexibility index (Phi) is 7.50. The zero-order valence-corrected chi connectivity index (χ0v) is 17.8. The van der Waals surface area contributed by atoms with Gasteiger partial charge in [-0.15, -0.1) is 0 Å². The first-order valence-electron chi connectivity index (χ1n) is 9.83. The van der Waals surface area contributed by atoms with Crippen molar-refractivity contribution in [3.05, 3.63) is 59.3 Å². The quantitative estimate of drug-likeness (QED) is 0.684. The van der Waals surface area contributed by atoms with Crippen molar-refractivity contribution in [3.63, 3.8) is 0 Å². The van der Waals surface area contributed by atoms with Gasteiger partial charge in [0.05, 0.1) is 34.5 Å². The summed E-state index contributed by atoms with van der Waals surface area (Å²) in [6, 6.07) is 12.2. The lowest BCUT2D eigenvalue weighted by molar-refractivity contribution is -0.131. The molecular weight excluding hydrogens is 400 g/mol. The predicted molar refractivity (Wildman–Crippen MR) is 115 cm³/mol. The van der Waals surface area contributed by atoms with E-state index in [9.17, 15) is 9.59 Å². The number of rotatable bonds is 7. The van der Waals surface area contributed by atoms with Crippen LogP contribution in [0.1, 0.15) is 15.9 Å². The van der Waals surface area contributed by atoms with Crippen LogP contribution >= 0.6 is 0 Å². The van der Waals surface area contributed by atoms with Crippen molar-refractivity contribution in [1.82, 2.24) is 10.2 Å². The van der Waals surface area contributed by atoms with Gasteiger partial charge in [0.2, 0.25) is 5.75 Å². The topological polar surface area (TPSA) is 86.3 Å². The van der Waals surface area contributed by atoms with Crippen LogP contribution in [0.15, 0.2) is 48.2 Å². The Morgan fingerprint density at radius 1 is 0.935 bits per heavy atom. The molecule has 0 spiro atoms. The standard InChI is InChI=1S/C23H26N2O6/c1-28-19-10-9-17(20(29-2)21(19)30-3)15-18(23(27)25-11-13-31-14-12-25)24-22(26)16-7-5-4-6-8-16/h4-10,15H,11-14H2,1-3H3,(H,24,26)/b18-15+. The first kappa shape index (κ1) is 22.2. The Labute approximate surface area is 181 Å². The van der Waals surface area contributed by atoms with Gasteiger partial charge in [-0.3, -0.25) is 9.59 Å². The fourth-order valence-electron chi connectivity index (χ4n) is 3.27. The second-order valence-corrected chi connectivity index (χ2v) is 6.71. The molecule has 1 heterocycles. The molecule has 8 nitrogen and oxygen atoms in total. The van der Waals surface area contributed by atoms with Crippen molar-refractivity contribution in [3.8, 4) is 17.2 Å². The Morgan fingerprint density at radius 2 is 1.61 bits per heavy atom. The number of carbonyl (C=O) groups is 2. The highest BCUT2D eigenvalue weighted by Crippen LogP contribution is 2.40. The number of hydrogen-bond acceptors (Lipinski definition) is 6. The van der Waals surface area contributed by atoms with E-state index in [0.29, 0.717) is 54.7 Å². The first-order chi connectivity index (χ1) is 15.1. The van der Waals surface area contributed by atoms with Crippen LogP contribution in [0.4, 0.5) is 0 Å². The molecule has 164 valence electrons. The first-order valence-corrected chi connectivity index (χ1v) is 9.83. The second kappa shape index (κ2) is 10.5. The van der Waals surface area contributed by atoms with E-state index in [1.54, 1.807) is 47.4 Å². The Balaban J connectivity index is 2.02. The van der Waals surface area contributed by atoms with Crippen LogP contribution in [-0.2, 0) is 9.53 Å². The number of benzene rings is 2. The zero-order valence-electron chi connectivity index (χ0n) is 17.8. The molecule has 0 aromatic heterocycles. The number of methoxy groups -OCH3 is 3. The van der Waals surface area contributed by atoms with Gasteiger partial charge in [-0.1, -0.05) is 18.2 Å². The van der Waals surface area contributed by atoms with E-state index in [-0.39, 0.29) is 17.5 Å². The van der Waals surface area contributed by atoms with Gasteiger partial charge in [0, 0.05) is 24.2 Å². The molecule has 1 saturated heterocycles. The number of carbonyl (C=O) groups excluding carboxylic acids is 2. The molecule has 0 radical (unpaired) electrons. The summed E-state index contributed by atoms with van der Waals surface area (Å²) in [4.78, 5) is 27.7. The highest BCUT2D eigenvalue weighted by Gasteiger charge is 2.24. The van der Waals surface area contributed by atoms with Crippen LogP contribution < -0.4 is 19.5 Å². The third-order valence-corrected chi connectivity index (χ3v) is 4.85. The van der Waals surface area contributed by atoms with E-state index >= 15 is 0 Å². The molecule has 3 rings (SSSR count). The summed E-state index contributed by atoms with van der Waals surface area (Å²) in [5.74, 6) is 0.595. The number of nitrogens with zero attached hydrogens (tertiary/aromatic N) is 1. The van der Waals surface area contributed by atoms with Crippen molar-refractivity contribution in [1.29, 1.82) is 0 Å². The van der Waals surface area contributed by atoms with Crippen molar-refractivity contribution >= 4 is 17.9 Å². The van der Waals surface area contributed by atoms with Gasteiger partial charge in [-0.2, -0.15) is 0 Å². The number of ether oxygens (including phenoxy) is 4. The summed E-state index contributed by atoms with van der Waals surface area (Å²) in [6.45, 7) is 1.79. The van der Waals surface area contributed by atoms with Crippen molar-refractivity contribution < 1.29 is 28.5 Å². The molecule has 1 N–H and O–H groups in total. The lowest BCUT2D eigenvalue weighted by Gasteiger charge is -2.28. The lowest BCUT2D eigenvalue weighted by atomic mass is 10.1. The highest BCUT2D eigenvalue weighted by atomic mass is 16.5. The normalized spacial score (nSPS) is 14.0. The summed E-state index contributed by atoms with van der Waals surface area (Å²) >= 11 is 0. The highest BCUT2D eigenvalue weighted by molar-refractivity contribution is 6.05. The fourth-order valence-corrected chi connectivity index (χ4v) is 3.27. The number of nitrogens with one attached hydrogen (secondary N) is 1. The summed E-state index contributed by atoms with van der Waals surface area (Å²) in [6.07, 6.45) is 1.58. The Morgan fingerprint density at radius 3 is 2.23 bits per heavy atom. The largest absolute Gasteiger partial charge is 0.493 e. The van der Waals surface area contributed by atoms with E-state index in [4.69, 9.17) is 18.9 Å². The minimum Gasteiger partial charge on any atom is -0.493 e. The van der Waals surface area contributed by atoms with E-state index in [0.717, 1.165) is 0 Å². The molecule has 31 heavy (non-hydrogen) atoms. The monoisotopic (exact) mass is 426 g/mol. The molecule has 8 heteroatoms. The average Bonchev–Trinajstić information content (AvgIpc) is 2.83. The molecule has 1 aliphatic rings. The van der Waals surface area contributed by atoms with Crippen molar-refractivity contribution in [2.24, 2.45) is 0 Å². The Bertz CT molecular complexity index is 952. The SMILES string of the molecule is COc1ccc(/C=C(/NC(=O)c2ccccc2)C(=O)N2CCOCC2)c(OC)c1OC. The summed E-state index contributed by atoms with van der Waals surface area (Å²) in [5, 5.41) is 2.76. The van der Waals surface area contributed by atoms with E-state index in [1.165, 1.54) is 21.3 Å². The van der Waals surface area contributed by atoms with Crippen LogP contribution in [0.3, 0.4) is 0 Å². The van der Waals surface area contributed by atoms with Gasteiger partial charge in [-0.05, 0) is 30.3 Å². The van der Waals surface area contributed by atoms with Crippen LogP contribution in [-0.4, -0.2) is 64.3 Å².